The number of aromatic nitrogens is 3. The maximum atomic E-state index is 13.9. The molecule has 2 N–H and O–H groups in total. The average molecular weight is 580 g/mol. The number of aliphatic hydroxyl groups is 1. The molecule has 3 heterocycles. The minimum absolute atomic E-state index is 0.110. The Kier molecular flexibility index (Phi) is 6.99. The van der Waals surface area contributed by atoms with Gasteiger partial charge in [-0.1, -0.05) is 35.9 Å². The Bertz CT molecular complexity index is 1650. The molecule has 1 saturated carbocycles. The number of anilines is 1. The van der Waals surface area contributed by atoms with E-state index in [1.807, 2.05) is 37.4 Å². The van der Waals surface area contributed by atoms with Crippen LogP contribution in [0, 0.1) is 5.92 Å². The molecule has 0 bridgehead atoms. The van der Waals surface area contributed by atoms with Gasteiger partial charge in [0.15, 0.2) is 5.60 Å². The Labute approximate surface area is 239 Å². The van der Waals surface area contributed by atoms with Gasteiger partial charge < -0.3 is 15.3 Å². The van der Waals surface area contributed by atoms with E-state index in [2.05, 4.69) is 15.4 Å². The fourth-order valence-electron chi connectivity index (χ4n) is 6.10. The molecule has 2 aromatic heterocycles. The predicted octanol–water partition coefficient (Wildman–Crippen LogP) is 5.13. The summed E-state index contributed by atoms with van der Waals surface area (Å²) in [5.74, 6) is -0.892. The van der Waals surface area contributed by atoms with Gasteiger partial charge in [0.25, 0.3) is 18.2 Å². The molecule has 6 rings (SSSR count). The SMILES string of the molecule is Cn1ncc2cc([C@]3(O)C(=O)N(C[C@H]4CC[C@H](NC(=O)c5cc(Cl)cnc5C(F)F)CC4)c4ccccc43)ccc21. The fraction of sp³-hybridized carbons (Fsp3) is 0.333. The van der Waals surface area contributed by atoms with E-state index in [0.29, 0.717) is 49.0 Å². The van der Waals surface area contributed by atoms with E-state index in [4.69, 9.17) is 11.6 Å². The van der Waals surface area contributed by atoms with Crippen LogP contribution in [-0.4, -0.2) is 44.3 Å². The number of pyridine rings is 1. The predicted molar refractivity (Wildman–Crippen MR) is 150 cm³/mol. The molecule has 41 heavy (non-hydrogen) atoms. The molecule has 2 amide bonds. The lowest BCUT2D eigenvalue weighted by atomic mass is 9.85. The topological polar surface area (TPSA) is 100 Å². The number of para-hydroxylation sites is 1. The van der Waals surface area contributed by atoms with Crippen molar-refractivity contribution in [2.75, 3.05) is 11.4 Å². The highest BCUT2D eigenvalue weighted by molar-refractivity contribution is 6.30. The molecule has 2 aromatic carbocycles. The standard InChI is InChI=1S/C30H28ClF2N5O3/c1-37-24-11-8-19(12-18(24)14-35-37)30(41)23-4-2-3-5-25(23)38(29(30)40)16-17-6-9-21(10-7-17)36-28(39)22-13-20(31)15-34-26(22)27(32)33/h2-5,8,11-15,17,21,27,41H,6-7,9-10,16H2,1H3,(H,36,39)/t17-,21-,30-/m1/s1. The summed E-state index contributed by atoms with van der Waals surface area (Å²) in [5, 5.41) is 20.0. The second kappa shape index (κ2) is 10.5. The van der Waals surface area contributed by atoms with Crippen molar-refractivity contribution in [3.8, 4) is 0 Å². The molecule has 1 atom stereocenters. The van der Waals surface area contributed by atoms with Crippen LogP contribution in [0.5, 0.6) is 0 Å². The molecular weight excluding hydrogens is 552 g/mol. The molecule has 2 aliphatic rings. The lowest BCUT2D eigenvalue weighted by molar-refractivity contribution is -0.132. The van der Waals surface area contributed by atoms with Crippen LogP contribution in [-0.2, 0) is 17.4 Å². The number of carbonyl (C=O) groups is 2. The molecule has 0 spiro atoms. The summed E-state index contributed by atoms with van der Waals surface area (Å²) in [7, 11) is 1.84. The van der Waals surface area contributed by atoms with E-state index in [1.54, 1.807) is 27.9 Å². The van der Waals surface area contributed by atoms with Gasteiger partial charge in [0, 0.05) is 36.8 Å². The Morgan fingerprint density at radius 1 is 1.15 bits per heavy atom. The quantitative estimate of drug-likeness (QED) is 0.330. The van der Waals surface area contributed by atoms with Crippen LogP contribution in [0.2, 0.25) is 5.02 Å². The third-order valence-electron chi connectivity index (χ3n) is 8.26. The van der Waals surface area contributed by atoms with Gasteiger partial charge in [0.2, 0.25) is 0 Å². The Morgan fingerprint density at radius 2 is 1.90 bits per heavy atom. The van der Waals surface area contributed by atoms with Crippen LogP contribution in [0.1, 0.15) is 59.3 Å². The molecular formula is C30H28ClF2N5O3. The minimum atomic E-state index is -2.89. The highest BCUT2D eigenvalue weighted by atomic mass is 35.5. The zero-order chi connectivity index (χ0) is 28.9. The molecule has 212 valence electrons. The second-order valence-corrected chi connectivity index (χ2v) is 11.2. The number of rotatable bonds is 6. The number of benzene rings is 2. The van der Waals surface area contributed by atoms with E-state index in [9.17, 15) is 23.5 Å². The maximum absolute atomic E-state index is 13.9. The zero-order valence-corrected chi connectivity index (χ0v) is 23.0. The summed E-state index contributed by atoms with van der Waals surface area (Å²) in [6.07, 6.45) is 2.59. The first-order valence-corrected chi connectivity index (χ1v) is 13.8. The van der Waals surface area contributed by atoms with Crippen molar-refractivity contribution in [1.82, 2.24) is 20.1 Å². The van der Waals surface area contributed by atoms with Crippen LogP contribution in [0.25, 0.3) is 10.9 Å². The summed E-state index contributed by atoms with van der Waals surface area (Å²) in [5.41, 5.74) is -0.0375. The van der Waals surface area contributed by atoms with Crippen LogP contribution in [0.3, 0.4) is 0 Å². The van der Waals surface area contributed by atoms with Gasteiger partial charge >= 0.3 is 0 Å². The number of nitrogens with zero attached hydrogens (tertiary/aromatic N) is 4. The number of fused-ring (bicyclic) bond motifs is 2. The second-order valence-electron chi connectivity index (χ2n) is 10.8. The Hall–Kier alpha value is -3.89. The monoisotopic (exact) mass is 579 g/mol. The third-order valence-corrected chi connectivity index (χ3v) is 8.47. The van der Waals surface area contributed by atoms with Crippen molar-refractivity contribution in [3.05, 3.63) is 88.3 Å². The van der Waals surface area contributed by atoms with Crippen LogP contribution < -0.4 is 10.2 Å². The zero-order valence-electron chi connectivity index (χ0n) is 22.2. The summed E-state index contributed by atoms with van der Waals surface area (Å²) >= 11 is 5.90. The molecule has 1 aliphatic carbocycles. The lowest BCUT2D eigenvalue weighted by Crippen LogP contribution is -2.44. The van der Waals surface area contributed by atoms with Crippen molar-refractivity contribution in [1.29, 1.82) is 0 Å². The fourth-order valence-corrected chi connectivity index (χ4v) is 6.26. The molecule has 11 heteroatoms. The van der Waals surface area contributed by atoms with E-state index in [-0.39, 0.29) is 22.5 Å². The van der Waals surface area contributed by atoms with Gasteiger partial charge in [-0.05, 0) is 61.4 Å². The van der Waals surface area contributed by atoms with Gasteiger partial charge in [-0.15, -0.1) is 0 Å². The number of nitrogens with one attached hydrogen (secondary N) is 1. The minimum Gasteiger partial charge on any atom is -0.372 e. The van der Waals surface area contributed by atoms with E-state index < -0.39 is 29.5 Å². The average Bonchev–Trinajstić information content (AvgIpc) is 3.44. The van der Waals surface area contributed by atoms with Gasteiger partial charge in [-0.3, -0.25) is 19.3 Å². The lowest BCUT2D eigenvalue weighted by Gasteiger charge is -2.32. The van der Waals surface area contributed by atoms with Crippen molar-refractivity contribution in [2.24, 2.45) is 13.0 Å². The van der Waals surface area contributed by atoms with Gasteiger partial charge in [-0.2, -0.15) is 5.10 Å². The number of hydrogen-bond acceptors (Lipinski definition) is 5. The first kappa shape index (κ1) is 27.3. The number of amides is 2. The molecule has 0 radical (unpaired) electrons. The maximum Gasteiger partial charge on any atom is 0.281 e. The number of carbonyl (C=O) groups excluding carboxylic acids is 2. The van der Waals surface area contributed by atoms with Crippen molar-refractivity contribution >= 4 is 40.0 Å². The first-order chi connectivity index (χ1) is 19.7. The normalized spacial score (nSPS) is 22.4. The highest BCUT2D eigenvalue weighted by Crippen LogP contribution is 2.45. The van der Waals surface area contributed by atoms with Crippen LogP contribution in [0.15, 0.2) is 60.9 Å². The van der Waals surface area contributed by atoms with E-state index in [0.717, 1.165) is 17.1 Å². The molecule has 4 aromatic rings. The Balaban J connectivity index is 1.16. The number of hydrogen-bond donors (Lipinski definition) is 2. The Morgan fingerprint density at radius 3 is 2.66 bits per heavy atom. The van der Waals surface area contributed by atoms with Crippen molar-refractivity contribution < 1.29 is 23.5 Å². The number of alkyl halides is 2. The van der Waals surface area contributed by atoms with Crippen molar-refractivity contribution in [2.45, 2.75) is 43.8 Å². The molecule has 1 aliphatic heterocycles. The molecule has 0 saturated heterocycles. The summed E-state index contributed by atoms with van der Waals surface area (Å²) in [6, 6.07) is 13.7. The van der Waals surface area contributed by atoms with Crippen LogP contribution >= 0.6 is 11.6 Å². The highest BCUT2D eigenvalue weighted by Gasteiger charge is 2.51. The van der Waals surface area contributed by atoms with E-state index in [1.165, 1.54) is 6.07 Å². The number of aryl methyl sites for hydroxylation is 1. The first-order valence-electron chi connectivity index (χ1n) is 13.5. The summed E-state index contributed by atoms with van der Waals surface area (Å²) in [6.45, 7) is 0.418. The van der Waals surface area contributed by atoms with Gasteiger partial charge in [0.1, 0.15) is 5.69 Å². The third kappa shape index (κ3) is 4.74. The van der Waals surface area contributed by atoms with E-state index >= 15 is 0 Å². The summed E-state index contributed by atoms with van der Waals surface area (Å²) in [4.78, 5) is 32.0. The van der Waals surface area contributed by atoms with Gasteiger partial charge in [0.05, 0.1) is 28.0 Å². The smallest absolute Gasteiger partial charge is 0.281 e. The van der Waals surface area contributed by atoms with Crippen LogP contribution in [0.4, 0.5) is 14.5 Å². The molecule has 1 fully saturated rings. The van der Waals surface area contributed by atoms with Crippen molar-refractivity contribution in [3.63, 3.8) is 0 Å². The molecule has 0 unspecified atom stereocenters. The van der Waals surface area contributed by atoms with Gasteiger partial charge in [-0.25, -0.2) is 8.78 Å². The largest absolute Gasteiger partial charge is 0.372 e. The molecule has 8 nitrogen and oxygen atoms in total. The summed E-state index contributed by atoms with van der Waals surface area (Å²) < 4.78 is 28.5. The number of halogens is 3.